The molecule has 0 radical (unpaired) electrons. The molecule has 4 heteroatoms. The number of hydrogen-bond acceptors (Lipinski definition) is 2. The van der Waals surface area contributed by atoms with Crippen molar-refractivity contribution in [3.05, 3.63) is 6.10 Å². The molecular weight excluding hydrogens is 402 g/mol. The van der Waals surface area contributed by atoms with Crippen molar-refractivity contribution in [2.24, 2.45) is 0 Å². The molecule has 1 heterocycles. The summed E-state index contributed by atoms with van der Waals surface area (Å²) in [6.45, 7) is 6.29. The first kappa shape index (κ1) is 9.85. The van der Waals surface area contributed by atoms with Crippen molar-refractivity contribution in [1.29, 1.82) is 0 Å². The Balaban J connectivity index is 0.000001000. The summed E-state index contributed by atoms with van der Waals surface area (Å²) in [5, 5.41) is 0. The van der Waals surface area contributed by atoms with Gasteiger partial charge in [-0.15, -0.1) is 6.10 Å². The van der Waals surface area contributed by atoms with E-state index < -0.39 is 11.6 Å². The molecule has 0 aromatic carbocycles. The fourth-order valence-electron chi connectivity index (χ4n) is 1.01. The zero-order chi connectivity index (χ0) is 7.99. The van der Waals surface area contributed by atoms with Crippen molar-refractivity contribution < 1.29 is 13.9 Å². The van der Waals surface area contributed by atoms with Crippen LogP contribution in [0.5, 0.6) is 0 Å². The van der Waals surface area contributed by atoms with Crippen LogP contribution in [0.25, 0.3) is 0 Å². The Morgan fingerprint density at radius 1 is 1.27 bits per heavy atom. The van der Waals surface area contributed by atoms with E-state index in [-0.39, 0.29) is 6.10 Å². The fourth-order valence-corrected chi connectivity index (χ4v) is 1.01. The molecule has 2 nitrogen and oxygen atoms in total. The van der Waals surface area contributed by atoms with Gasteiger partial charge in [-0.3, -0.25) is 0 Å². The Morgan fingerprint density at radius 3 is 1.82 bits per heavy atom. The van der Waals surface area contributed by atoms with Gasteiger partial charge in [-0.05, 0) is 20.8 Å². The number of alkyl halides is 1. The average Bonchev–Trinajstić information content (AvgIpc) is 1.73. The minimum Gasteiger partial charge on any atom is -0.520 e. The number of rotatable bonds is 0. The van der Waals surface area contributed by atoms with Gasteiger partial charge in [0.15, 0.2) is 0 Å². The average molecular weight is 414 g/mol. The van der Waals surface area contributed by atoms with Gasteiger partial charge >= 0.3 is 0 Å². The second kappa shape index (κ2) is 2.17. The second-order valence-corrected chi connectivity index (χ2v) is 3.08. The van der Waals surface area contributed by atoms with Gasteiger partial charge in [-0.1, -0.05) is 0 Å². The Kier molecular flexibility index (Phi) is 1.94. The van der Waals surface area contributed by atoms with Gasteiger partial charge in [0.05, 0.1) is 0 Å². The van der Waals surface area contributed by atoms with Crippen molar-refractivity contribution in [2.75, 3.05) is 0 Å². The molecule has 1 fully saturated rings. The summed E-state index contributed by atoms with van der Waals surface area (Å²) in [6, 6.07) is 0. The summed E-state index contributed by atoms with van der Waals surface area (Å²) in [5.41, 5.74) is 0. The van der Waals surface area contributed by atoms with E-state index in [1.54, 1.807) is 20.8 Å². The largest absolute Gasteiger partial charge is 0.520 e. The van der Waals surface area contributed by atoms with Crippen molar-refractivity contribution in [2.45, 2.75) is 39.3 Å². The molecule has 0 saturated carbocycles. The van der Waals surface area contributed by atoms with Gasteiger partial charge in [-0.25, -0.2) is 4.39 Å². The predicted octanol–water partition coefficient (Wildman–Crippen LogP) is 2.01. The SMILES string of the molecule is C[C-]1OC(C)(C)OC1(C)F.[Rf]. The van der Waals surface area contributed by atoms with E-state index in [0.29, 0.717) is 0 Å². The Hall–Kier alpha value is -1.15. The molecule has 0 amide bonds. The minimum absolute atomic E-state index is 0. The van der Waals surface area contributed by atoms with Crippen LogP contribution in [0.2, 0.25) is 0 Å². The first-order valence-electron chi connectivity index (χ1n) is 3.26. The van der Waals surface area contributed by atoms with Gasteiger partial charge in [0, 0.05) is 0 Å². The molecule has 0 spiro atoms. The predicted molar refractivity (Wildman–Crippen MR) is 34.7 cm³/mol. The van der Waals surface area contributed by atoms with E-state index in [1.165, 1.54) is 6.92 Å². The molecule has 0 aliphatic carbocycles. The molecule has 1 unspecified atom stereocenters. The number of hydrogen-bond donors (Lipinski definition) is 0. The summed E-state index contributed by atoms with van der Waals surface area (Å²) >= 11 is 0. The summed E-state index contributed by atoms with van der Waals surface area (Å²) < 4.78 is 23.1. The number of halogens is 1. The molecule has 1 rings (SSSR count). The summed E-state index contributed by atoms with van der Waals surface area (Å²) in [7, 11) is 0. The third-order valence-electron chi connectivity index (χ3n) is 1.47. The molecule has 0 aromatic rings. The maximum atomic E-state index is 13.1. The minimum atomic E-state index is -1.72. The Labute approximate surface area is 60.3 Å². The van der Waals surface area contributed by atoms with Crippen LogP contribution in [-0.2, 0) is 9.47 Å². The van der Waals surface area contributed by atoms with Crippen LogP contribution < -0.4 is 0 Å². The molecule has 1 atom stereocenters. The van der Waals surface area contributed by atoms with Crippen LogP contribution >= 0.6 is 0 Å². The molecule has 62 valence electrons. The van der Waals surface area contributed by atoms with Crippen molar-refractivity contribution in [3.8, 4) is 0 Å². The summed E-state index contributed by atoms with van der Waals surface area (Å²) in [4.78, 5) is 0. The topological polar surface area (TPSA) is 18.5 Å². The monoisotopic (exact) mass is 414 g/mol. The third-order valence-corrected chi connectivity index (χ3v) is 1.47. The molecular formula is C7H12FO2Rf-. The maximum absolute atomic E-state index is 13.1. The van der Waals surface area contributed by atoms with Gasteiger partial charge in [-0.2, -0.15) is 6.92 Å². The quantitative estimate of drug-likeness (QED) is 0.565. The van der Waals surface area contributed by atoms with Crippen LogP contribution in [0.15, 0.2) is 0 Å². The van der Waals surface area contributed by atoms with Crippen molar-refractivity contribution in [1.82, 2.24) is 0 Å². The van der Waals surface area contributed by atoms with Crippen LogP contribution in [0.4, 0.5) is 4.39 Å². The Bertz CT molecular complexity index is 147. The molecule has 1 aliphatic rings. The second-order valence-electron chi connectivity index (χ2n) is 3.08. The van der Waals surface area contributed by atoms with E-state index in [4.69, 9.17) is 9.47 Å². The van der Waals surface area contributed by atoms with Crippen molar-refractivity contribution in [3.63, 3.8) is 0 Å². The van der Waals surface area contributed by atoms with Gasteiger partial charge < -0.3 is 9.47 Å². The smallest absolute Gasteiger partial charge is 0.134 e. The van der Waals surface area contributed by atoms with Gasteiger partial charge in [0.1, 0.15) is 11.6 Å². The van der Waals surface area contributed by atoms with E-state index in [1.807, 2.05) is 0 Å². The van der Waals surface area contributed by atoms with Crippen LogP contribution in [0.1, 0.15) is 27.7 Å². The third kappa shape index (κ3) is 1.65. The van der Waals surface area contributed by atoms with E-state index in [9.17, 15) is 4.39 Å². The first-order chi connectivity index (χ1) is 4.33. The normalized spacial score (nSPS) is 36.8. The summed E-state index contributed by atoms with van der Waals surface area (Å²) in [5.74, 6) is -2.53. The fraction of sp³-hybridized carbons (Fsp3) is 0.857. The van der Waals surface area contributed by atoms with E-state index >= 15 is 0 Å². The zero-order valence-electron chi connectivity index (χ0n) is 7.40. The first-order valence-corrected chi connectivity index (χ1v) is 3.26. The Morgan fingerprint density at radius 2 is 1.73 bits per heavy atom. The zero-order valence-corrected chi connectivity index (χ0v) is 13.8. The maximum Gasteiger partial charge on any atom is 0.134 e. The van der Waals surface area contributed by atoms with E-state index in [0.717, 1.165) is 0 Å². The molecule has 0 N–H and O–H groups in total. The molecule has 0 aromatic heterocycles. The molecule has 11 heavy (non-hydrogen) atoms. The number of ether oxygens (including phenoxy) is 2. The van der Waals surface area contributed by atoms with E-state index in [2.05, 4.69) is 0 Å². The van der Waals surface area contributed by atoms with Crippen LogP contribution in [-0.4, -0.2) is 11.6 Å². The molecule has 0 bridgehead atoms. The van der Waals surface area contributed by atoms with Gasteiger partial charge in [0.25, 0.3) is 0 Å². The van der Waals surface area contributed by atoms with Crippen molar-refractivity contribution >= 4 is 0 Å². The van der Waals surface area contributed by atoms with Gasteiger partial charge in [0.2, 0.25) is 0 Å². The molecule has 1 saturated heterocycles. The standard InChI is InChI=1S/C7H12FO2.Rf/c1-5-7(4,8)10-6(2,3)9-5;/h1-4H3;/q-1;. The molecule has 1 aliphatic heterocycles. The van der Waals surface area contributed by atoms with Crippen LogP contribution in [0.3, 0.4) is 0 Å². The van der Waals surface area contributed by atoms with Crippen LogP contribution in [0, 0.1) is 6.10 Å². The summed E-state index contributed by atoms with van der Waals surface area (Å²) in [6.07, 6.45) is 0.289.